The summed E-state index contributed by atoms with van der Waals surface area (Å²) in [6.45, 7) is 0.751. The summed E-state index contributed by atoms with van der Waals surface area (Å²) in [6.07, 6.45) is 4.49. The minimum Gasteiger partial charge on any atom is -0.309 e. The normalized spacial score (nSPS) is 14.4. The molecule has 1 heterocycles. The van der Waals surface area contributed by atoms with Gasteiger partial charge in [0.2, 0.25) is 0 Å². The van der Waals surface area contributed by atoms with Crippen molar-refractivity contribution in [1.82, 2.24) is 4.72 Å². The number of nitrogens with zero attached hydrogens (tertiary/aromatic N) is 1. The van der Waals surface area contributed by atoms with Crippen molar-refractivity contribution in [3.8, 4) is 11.1 Å². The third kappa shape index (κ3) is 3.08. The van der Waals surface area contributed by atoms with Crippen molar-refractivity contribution < 1.29 is 4.79 Å². The van der Waals surface area contributed by atoms with E-state index in [0.717, 1.165) is 24.2 Å². The Kier molecular flexibility index (Phi) is 4.61. The van der Waals surface area contributed by atoms with Crippen LogP contribution in [0.2, 0.25) is 0 Å². The minimum absolute atomic E-state index is 0.0603. The van der Waals surface area contributed by atoms with Gasteiger partial charge in [-0.25, -0.2) is 0 Å². The lowest BCUT2D eigenvalue weighted by molar-refractivity contribution is -0.114. The molecule has 2 aromatic rings. The van der Waals surface area contributed by atoms with Gasteiger partial charge in [-0.15, -0.1) is 0 Å². The van der Waals surface area contributed by atoms with E-state index in [2.05, 4.69) is 29.0 Å². The second-order valence-corrected chi connectivity index (χ2v) is 6.08. The van der Waals surface area contributed by atoms with E-state index in [4.69, 9.17) is 0 Å². The third-order valence-electron chi connectivity index (χ3n) is 3.63. The van der Waals surface area contributed by atoms with Crippen LogP contribution in [0.1, 0.15) is 6.42 Å². The zero-order valence-corrected chi connectivity index (χ0v) is 13.3. The molecule has 1 aliphatic rings. The molecular weight excluding hydrogens is 292 g/mol. The number of hydrogen-bond acceptors (Lipinski definition) is 3. The molecule has 1 aliphatic heterocycles. The first kappa shape index (κ1) is 14.9. The van der Waals surface area contributed by atoms with Crippen LogP contribution in [0.4, 0.5) is 5.69 Å². The Bertz CT molecular complexity index is 694. The van der Waals surface area contributed by atoms with E-state index >= 15 is 0 Å². The second-order valence-electron chi connectivity index (χ2n) is 5.03. The Morgan fingerprint density at radius 3 is 2.59 bits per heavy atom. The smallest absolute Gasteiger partial charge is 0.250 e. The molecule has 0 radical (unpaired) electrons. The standard InChI is InChI=1S/C18H18N2OS/c1-19-22-17-7-3-2-6-16(17)14-9-11-15(12-10-14)20-13-5-4-8-18(20)21/h2-4,6-12,19H,5,13H2,1H3. The highest BCUT2D eigenvalue weighted by molar-refractivity contribution is 7.97. The monoisotopic (exact) mass is 310 g/mol. The molecule has 0 saturated carbocycles. The van der Waals surface area contributed by atoms with Crippen molar-refractivity contribution in [3.05, 3.63) is 60.7 Å². The van der Waals surface area contributed by atoms with Crippen molar-refractivity contribution in [2.75, 3.05) is 18.5 Å². The molecule has 0 aliphatic carbocycles. The Morgan fingerprint density at radius 2 is 1.86 bits per heavy atom. The average molecular weight is 310 g/mol. The van der Waals surface area contributed by atoms with Gasteiger partial charge in [-0.2, -0.15) is 0 Å². The molecule has 22 heavy (non-hydrogen) atoms. The lowest BCUT2D eigenvalue weighted by atomic mass is 10.0. The maximum atomic E-state index is 11.9. The van der Waals surface area contributed by atoms with Crippen molar-refractivity contribution in [1.29, 1.82) is 0 Å². The molecule has 0 bridgehead atoms. The summed E-state index contributed by atoms with van der Waals surface area (Å²) >= 11 is 1.61. The maximum Gasteiger partial charge on any atom is 0.250 e. The molecule has 4 heteroatoms. The molecule has 112 valence electrons. The van der Waals surface area contributed by atoms with Gasteiger partial charge < -0.3 is 4.90 Å². The van der Waals surface area contributed by atoms with E-state index in [1.165, 1.54) is 10.5 Å². The van der Waals surface area contributed by atoms with Gasteiger partial charge in [0.15, 0.2) is 0 Å². The molecule has 0 aromatic heterocycles. The van der Waals surface area contributed by atoms with Crippen molar-refractivity contribution >= 4 is 23.5 Å². The lowest BCUT2D eigenvalue weighted by Gasteiger charge is -2.23. The fourth-order valence-electron chi connectivity index (χ4n) is 2.57. The van der Waals surface area contributed by atoms with Crippen LogP contribution in [0.25, 0.3) is 11.1 Å². The summed E-state index contributed by atoms with van der Waals surface area (Å²) < 4.78 is 3.12. The fourth-order valence-corrected chi connectivity index (χ4v) is 3.23. The van der Waals surface area contributed by atoms with E-state index in [9.17, 15) is 4.79 Å². The lowest BCUT2D eigenvalue weighted by Crippen LogP contribution is -2.32. The zero-order valence-electron chi connectivity index (χ0n) is 12.5. The number of carbonyl (C=O) groups excluding carboxylic acids is 1. The van der Waals surface area contributed by atoms with Crippen LogP contribution in [0, 0.1) is 0 Å². The molecule has 3 nitrogen and oxygen atoms in total. The van der Waals surface area contributed by atoms with Crippen LogP contribution in [0.3, 0.4) is 0 Å². The van der Waals surface area contributed by atoms with Gasteiger partial charge in [-0.1, -0.05) is 36.4 Å². The van der Waals surface area contributed by atoms with Crippen molar-refractivity contribution in [2.45, 2.75) is 11.3 Å². The first-order valence-electron chi connectivity index (χ1n) is 7.30. The molecule has 3 rings (SSSR count). The molecule has 2 aromatic carbocycles. The number of nitrogens with one attached hydrogen (secondary N) is 1. The predicted octanol–water partition coefficient (Wildman–Crippen LogP) is 3.87. The van der Waals surface area contributed by atoms with E-state index in [1.54, 1.807) is 18.0 Å². The molecule has 0 fully saturated rings. The molecule has 0 unspecified atom stereocenters. The highest BCUT2D eigenvalue weighted by Gasteiger charge is 2.15. The number of anilines is 1. The van der Waals surface area contributed by atoms with Crippen LogP contribution in [0.15, 0.2) is 65.6 Å². The van der Waals surface area contributed by atoms with Crippen LogP contribution >= 0.6 is 11.9 Å². The summed E-state index contributed by atoms with van der Waals surface area (Å²) in [6, 6.07) is 16.5. The summed E-state index contributed by atoms with van der Waals surface area (Å²) in [7, 11) is 1.92. The number of hydrogen-bond donors (Lipinski definition) is 1. The van der Waals surface area contributed by atoms with Gasteiger partial charge in [-0.05, 0) is 60.8 Å². The molecule has 0 atom stereocenters. The Labute approximate surface area is 135 Å². The Balaban J connectivity index is 1.89. The van der Waals surface area contributed by atoms with Gasteiger partial charge >= 0.3 is 0 Å². The highest BCUT2D eigenvalue weighted by Crippen LogP contribution is 2.31. The maximum absolute atomic E-state index is 11.9. The Hall–Kier alpha value is -2.04. The van der Waals surface area contributed by atoms with Gasteiger partial charge in [0.25, 0.3) is 5.91 Å². The highest BCUT2D eigenvalue weighted by atomic mass is 32.2. The van der Waals surface area contributed by atoms with Crippen molar-refractivity contribution in [2.24, 2.45) is 0 Å². The summed E-state index contributed by atoms with van der Waals surface area (Å²) in [5.74, 6) is 0.0603. The predicted molar refractivity (Wildman–Crippen MR) is 92.9 cm³/mol. The van der Waals surface area contributed by atoms with E-state index in [0.29, 0.717) is 0 Å². The van der Waals surface area contributed by atoms with Gasteiger partial charge in [0.1, 0.15) is 0 Å². The van der Waals surface area contributed by atoms with Crippen LogP contribution in [-0.4, -0.2) is 19.5 Å². The largest absolute Gasteiger partial charge is 0.309 e. The van der Waals surface area contributed by atoms with E-state index in [1.807, 2.05) is 42.3 Å². The first-order valence-corrected chi connectivity index (χ1v) is 8.12. The van der Waals surface area contributed by atoms with Crippen LogP contribution in [0.5, 0.6) is 0 Å². The van der Waals surface area contributed by atoms with Crippen LogP contribution in [-0.2, 0) is 4.79 Å². The average Bonchev–Trinajstić information content (AvgIpc) is 2.56. The minimum atomic E-state index is 0.0603. The fraction of sp³-hybridized carbons (Fsp3) is 0.167. The van der Waals surface area contributed by atoms with Crippen LogP contribution < -0.4 is 9.62 Å². The van der Waals surface area contributed by atoms with E-state index < -0.39 is 0 Å². The molecule has 1 N–H and O–H groups in total. The summed E-state index contributed by atoms with van der Waals surface area (Å²) in [4.78, 5) is 14.9. The quantitative estimate of drug-likeness (QED) is 0.870. The van der Waals surface area contributed by atoms with Gasteiger partial charge in [-0.3, -0.25) is 9.52 Å². The Morgan fingerprint density at radius 1 is 1.09 bits per heavy atom. The number of amides is 1. The molecular formula is C18H18N2OS. The van der Waals surface area contributed by atoms with Gasteiger partial charge in [0, 0.05) is 17.1 Å². The third-order valence-corrected chi connectivity index (χ3v) is 4.41. The number of rotatable bonds is 4. The second kappa shape index (κ2) is 6.81. The molecule has 0 saturated heterocycles. The van der Waals surface area contributed by atoms with E-state index in [-0.39, 0.29) is 5.91 Å². The van der Waals surface area contributed by atoms with Crippen molar-refractivity contribution in [3.63, 3.8) is 0 Å². The first-order chi connectivity index (χ1) is 10.8. The number of benzene rings is 2. The zero-order chi connectivity index (χ0) is 15.4. The summed E-state index contributed by atoms with van der Waals surface area (Å²) in [5, 5.41) is 0. The molecule has 0 spiro atoms. The molecule has 1 amide bonds. The topological polar surface area (TPSA) is 32.3 Å². The number of carbonyl (C=O) groups is 1. The van der Waals surface area contributed by atoms with Gasteiger partial charge in [0.05, 0.1) is 0 Å². The summed E-state index contributed by atoms with van der Waals surface area (Å²) in [5.41, 5.74) is 3.30. The SMILES string of the molecule is CNSc1ccccc1-c1ccc(N2CCC=CC2=O)cc1.